The van der Waals surface area contributed by atoms with Gasteiger partial charge in [0, 0.05) is 30.8 Å². The molecule has 0 radical (unpaired) electrons. The van der Waals surface area contributed by atoms with Gasteiger partial charge in [-0.25, -0.2) is 0 Å². The summed E-state index contributed by atoms with van der Waals surface area (Å²) in [5.41, 5.74) is 1.81. The fraction of sp³-hybridized carbons (Fsp3) is 0.417. The van der Waals surface area contributed by atoms with E-state index in [0.717, 1.165) is 17.7 Å². The number of carbonyl (C=O) groups is 1. The van der Waals surface area contributed by atoms with Crippen molar-refractivity contribution >= 4 is 17.3 Å². The van der Waals surface area contributed by atoms with E-state index in [4.69, 9.17) is 0 Å². The molecule has 0 saturated carbocycles. The lowest BCUT2D eigenvalue weighted by molar-refractivity contribution is -0.384. The van der Waals surface area contributed by atoms with Gasteiger partial charge < -0.3 is 4.90 Å². The largest absolute Gasteiger partial charge is 0.312 e. The van der Waals surface area contributed by atoms with Crippen molar-refractivity contribution < 1.29 is 9.72 Å². The number of benzene rings is 1. The average Bonchev–Trinajstić information content (AvgIpc) is 2.71. The molecule has 0 saturated heterocycles. The van der Waals surface area contributed by atoms with E-state index in [1.165, 1.54) is 6.07 Å². The van der Waals surface area contributed by atoms with Crippen molar-refractivity contribution in [3.63, 3.8) is 0 Å². The van der Waals surface area contributed by atoms with Gasteiger partial charge in [-0.05, 0) is 24.5 Å². The molecule has 1 heterocycles. The lowest BCUT2D eigenvalue weighted by Crippen LogP contribution is -2.28. The molecule has 0 fully saturated rings. The van der Waals surface area contributed by atoms with Crippen LogP contribution in [-0.4, -0.2) is 17.4 Å². The molecule has 0 N–H and O–H groups in total. The van der Waals surface area contributed by atoms with Gasteiger partial charge in [0.1, 0.15) is 0 Å². The molecular weight excluding hydrogens is 220 g/mol. The van der Waals surface area contributed by atoms with Crippen LogP contribution >= 0.6 is 0 Å². The molecular formula is C12H14N2O3. The number of amides is 1. The van der Waals surface area contributed by atoms with Crippen LogP contribution < -0.4 is 4.90 Å². The number of nitro benzene ring substituents is 1. The summed E-state index contributed by atoms with van der Waals surface area (Å²) < 4.78 is 0. The summed E-state index contributed by atoms with van der Waals surface area (Å²) in [6.45, 7) is 2.60. The fourth-order valence-electron chi connectivity index (χ4n) is 2.11. The monoisotopic (exact) mass is 234 g/mol. The van der Waals surface area contributed by atoms with Crippen LogP contribution in [0.4, 0.5) is 11.4 Å². The Kier molecular flexibility index (Phi) is 3.08. The van der Waals surface area contributed by atoms with Crippen LogP contribution in [0.25, 0.3) is 0 Å². The smallest absolute Gasteiger partial charge is 0.269 e. The Bertz CT molecular complexity index is 471. The third kappa shape index (κ3) is 2.13. The van der Waals surface area contributed by atoms with Gasteiger partial charge in [-0.3, -0.25) is 14.9 Å². The Morgan fingerprint density at radius 1 is 1.53 bits per heavy atom. The van der Waals surface area contributed by atoms with Crippen LogP contribution in [0.3, 0.4) is 0 Å². The van der Waals surface area contributed by atoms with Crippen LogP contribution in [0.1, 0.15) is 25.3 Å². The maximum absolute atomic E-state index is 11.8. The molecule has 0 unspecified atom stereocenters. The molecule has 0 atom stereocenters. The number of rotatable bonds is 3. The molecule has 90 valence electrons. The van der Waals surface area contributed by atoms with Gasteiger partial charge in [0.05, 0.1) is 4.92 Å². The Balaban J connectivity index is 2.27. The van der Waals surface area contributed by atoms with E-state index in [2.05, 4.69) is 0 Å². The number of fused-ring (bicyclic) bond motifs is 1. The number of nitro groups is 1. The summed E-state index contributed by atoms with van der Waals surface area (Å²) in [6, 6.07) is 4.69. The molecule has 2 rings (SSSR count). The van der Waals surface area contributed by atoms with E-state index >= 15 is 0 Å². The molecule has 1 aliphatic rings. The van der Waals surface area contributed by atoms with E-state index in [-0.39, 0.29) is 11.6 Å². The van der Waals surface area contributed by atoms with E-state index in [9.17, 15) is 14.9 Å². The third-order valence-corrected chi connectivity index (χ3v) is 2.93. The molecule has 1 aromatic rings. The zero-order valence-corrected chi connectivity index (χ0v) is 9.68. The Morgan fingerprint density at radius 2 is 2.29 bits per heavy atom. The molecule has 17 heavy (non-hydrogen) atoms. The molecule has 0 aromatic heterocycles. The van der Waals surface area contributed by atoms with Gasteiger partial charge in [-0.2, -0.15) is 0 Å². The summed E-state index contributed by atoms with van der Waals surface area (Å²) in [5, 5.41) is 10.6. The molecule has 0 aliphatic carbocycles. The predicted octanol–water partition coefficient (Wildman–Crippen LogP) is 2.28. The van der Waals surface area contributed by atoms with Crippen molar-refractivity contribution in [1.82, 2.24) is 0 Å². The first-order valence-electron chi connectivity index (χ1n) is 5.71. The highest BCUT2D eigenvalue weighted by Gasteiger charge is 2.25. The van der Waals surface area contributed by atoms with Crippen LogP contribution in [0, 0.1) is 10.1 Å². The highest BCUT2D eigenvalue weighted by molar-refractivity contribution is 5.95. The maximum atomic E-state index is 11.8. The standard InChI is InChI=1S/C12H14N2O3/c1-2-3-12(15)13-7-6-9-8-10(14(16)17)4-5-11(9)13/h4-5,8H,2-3,6-7H2,1H3. The number of anilines is 1. The highest BCUT2D eigenvalue weighted by Crippen LogP contribution is 2.31. The number of nitrogens with zero attached hydrogens (tertiary/aromatic N) is 2. The summed E-state index contributed by atoms with van der Waals surface area (Å²) in [7, 11) is 0. The van der Waals surface area contributed by atoms with Crippen molar-refractivity contribution in [1.29, 1.82) is 0 Å². The molecule has 1 aromatic carbocycles. The zero-order valence-electron chi connectivity index (χ0n) is 9.68. The first-order chi connectivity index (χ1) is 8.13. The van der Waals surface area contributed by atoms with Gasteiger partial charge in [-0.1, -0.05) is 6.92 Å². The SMILES string of the molecule is CCCC(=O)N1CCc2cc([N+](=O)[O-])ccc21. The quantitative estimate of drug-likeness (QED) is 0.595. The van der Waals surface area contributed by atoms with E-state index in [1.807, 2.05) is 6.92 Å². The summed E-state index contributed by atoms with van der Waals surface area (Å²) in [4.78, 5) is 23.8. The number of hydrogen-bond acceptors (Lipinski definition) is 3. The van der Waals surface area contributed by atoms with Gasteiger partial charge in [0.15, 0.2) is 0 Å². The predicted molar refractivity (Wildman–Crippen MR) is 64.1 cm³/mol. The van der Waals surface area contributed by atoms with Crippen molar-refractivity contribution in [2.24, 2.45) is 0 Å². The molecule has 1 amide bonds. The minimum Gasteiger partial charge on any atom is -0.312 e. The van der Waals surface area contributed by atoms with Crippen molar-refractivity contribution in [2.45, 2.75) is 26.2 Å². The van der Waals surface area contributed by atoms with Crippen LogP contribution in [-0.2, 0) is 11.2 Å². The van der Waals surface area contributed by atoms with Crippen LogP contribution in [0.15, 0.2) is 18.2 Å². The van der Waals surface area contributed by atoms with Crippen molar-refractivity contribution in [3.05, 3.63) is 33.9 Å². The minimum absolute atomic E-state index is 0.0912. The normalized spacial score (nSPS) is 13.6. The zero-order chi connectivity index (χ0) is 12.4. The number of hydrogen-bond donors (Lipinski definition) is 0. The lowest BCUT2D eigenvalue weighted by atomic mass is 10.1. The summed E-state index contributed by atoms with van der Waals surface area (Å²) in [5.74, 6) is 0.0973. The highest BCUT2D eigenvalue weighted by atomic mass is 16.6. The fourth-order valence-corrected chi connectivity index (χ4v) is 2.11. The third-order valence-electron chi connectivity index (χ3n) is 2.93. The molecule has 0 spiro atoms. The Hall–Kier alpha value is -1.91. The second-order valence-electron chi connectivity index (χ2n) is 4.12. The van der Waals surface area contributed by atoms with E-state index in [1.54, 1.807) is 17.0 Å². The van der Waals surface area contributed by atoms with Crippen molar-refractivity contribution in [2.75, 3.05) is 11.4 Å². The van der Waals surface area contributed by atoms with Gasteiger partial charge in [0.25, 0.3) is 5.69 Å². The van der Waals surface area contributed by atoms with Crippen molar-refractivity contribution in [3.8, 4) is 0 Å². The first kappa shape index (κ1) is 11.6. The van der Waals surface area contributed by atoms with Crippen LogP contribution in [0.5, 0.6) is 0 Å². The Labute approximate surface area is 99.2 Å². The molecule has 5 heteroatoms. The summed E-state index contributed by atoms with van der Waals surface area (Å²) >= 11 is 0. The number of non-ortho nitro benzene ring substituents is 1. The second kappa shape index (κ2) is 4.53. The van der Waals surface area contributed by atoms with E-state index < -0.39 is 4.92 Å². The molecule has 1 aliphatic heterocycles. The molecule has 5 nitrogen and oxygen atoms in total. The van der Waals surface area contributed by atoms with E-state index in [0.29, 0.717) is 19.4 Å². The van der Waals surface area contributed by atoms with Crippen LogP contribution in [0.2, 0.25) is 0 Å². The average molecular weight is 234 g/mol. The lowest BCUT2D eigenvalue weighted by Gasteiger charge is -2.16. The Morgan fingerprint density at radius 3 is 2.94 bits per heavy atom. The van der Waals surface area contributed by atoms with Gasteiger partial charge in [-0.15, -0.1) is 0 Å². The second-order valence-corrected chi connectivity index (χ2v) is 4.12. The molecule has 0 bridgehead atoms. The van der Waals surface area contributed by atoms with Gasteiger partial charge >= 0.3 is 0 Å². The first-order valence-corrected chi connectivity index (χ1v) is 5.71. The minimum atomic E-state index is -0.406. The summed E-state index contributed by atoms with van der Waals surface area (Å²) in [6.07, 6.45) is 2.04. The number of carbonyl (C=O) groups excluding carboxylic acids is 1. The maximum Gasteiger partial charge on any atom is 0.269 e. The van der Waals surface area contributed by atoms with Gasteiger partial charge in [0.2, 0.25) is 5.91 Å². The topological polar surface area (TPSA) is 63.5 Å².